The Morgan fingerprint density at radius 3 is 2.40 bits per heavy atom. The van der Waals surface area contributed by atoms with E-state index in [0.717, 1.165) is 6.07 Å². The minimum absolute atomic E-state index is 0.0660. The lowest BCUT2D eigenvalue weighted by molar-refractivity contribution is -0.146. The van der Waals surface area contributed by atoms with Crippen LogP contribution in [0.2, 0.25) is 0 Å². The first-order valence-electron chi connectivity index (χ1n) is 15.3. The van der Waals surface area contributed by atoms with Crippen molar-refractivity contribution in [2.75, 3.05) is 50.7 Å². The topological polar surface area (TPSA) is 140 Å². The smallest absolute Gasteiger partial charge is 0.262 e. The van der Waals surface area contributed by atoms with Crippen molar-refractivity contribution in [1.29, 1.82) is 0 Å². The monoisotopic (exact) mass is 661 g/mol. The maximum Gasteiger partial charge on any atom is 0.262 e. The number of carbonyl (C=O) groups is 3. The van der Waals surface area contributed by atoms with E-state index in [2.05, 4.69) is 21.0 Å². The van der Waals surface area contributed by atoms with Crippen LogP contribution in [-0.4, -0.2) is 67.7 Å². The lowest BCUT2D eigenvalue weighted by atomic mass is 10.0. The van der Waals surface area contributed by atoms with E-state index in [-0.39, 0.29) is 24.0 Å². The first-order chi connectivity index (χ1) is 23.3. The number of morpholine rings is 1. The molecule has 2 heterocycles. The molecule has 1 aliphatic heterocycles. The van der Waals surface area contributed by atoms with Crippen LogP contribution in [-0.2, 0) is 19.1 Å². The number of fused-ring (bicyclic) bond motifs is 1. The van der Waals surface area contributed by atoms with Crippen LogP contribution in [0.3, 0.4) is 0 Å². The van der Waals surface area contributed by atoms with Crippen molar-refractivity contribution >= 4 is 40.0 Å². The molecule has 2 aliphatic rings. The molecule has 14 heteroatoms. The van der Waals surface area contributed by atoms with Gasteiger partial charge < -0.3 is 29.6 Å². The molecule has 1 aromatic heterocycles. The molecule has 0 atom stereocenters. The van der Waals surface area contributed by atoms with Crippen LogP contribution in [0.15, 0.2) is 66.9 Å². The second kappa shape index (κ2) is 14.2. The number of pyridine rings is 1. The molecule has 1 aliphatic carbocycles. The van der Waals surface area contributed by atoms with Gasteiger partial charge in [-0.05, 0) is 67.8 Å². The summed E-state index contributed by atoms with van der Waals surface area (Å²) >= 11 is 0. The van der Waals surface area contributed by atoms with Gasteiger partial charge >= 0.3 is 0 Å². The molecule has 2 fully saturated rings. The number of amides is 3. The summed E-state index contributed by atoms with van der Waals surface area (Å²) in [7, 11) is 1.50. The number of nitrogens with one attached hydrogen (secondary N) is 3. The number of halogens is 2. The standard InChI is InChI=1S/C34H33F2N5O7/c1-45-29-18-24-26(19-30(29)47-15-2-12-38-41-14-16-46-20-31(41)42)37-13-9-27(24)48-28-8-7-23(17-25(28)36)40-33(44)34(10-11-34)32(43)39-22-5-3-21(35)4-6-22/h3-9,13,17-19,38H,2,10-12,14-16,20H2,1H3,(H,39,43)(H,40,44). The number of anilines is 2. The van der Waals surface area contributed by atoms with Gasteiger partial charge in [-0.1, -0.05) is 0 Å². The van der Waals surface area contributed by atoms with Crippen LogP contribution >= 0.6 is 0 Å². The van der Waals surface area contributed by atoms with Crippen LogP contribution in [0.1, 0.15) is 19.3 Å². The number of nitrogens with zero attached hydrogens (tertiary/aromatic N) is 2. The Kier molecular flexibility index (Phi) is 9.64. The molecular formula is C34H33F2N5O7. The third kappa shape index (κ3) is 7.29. The largest absolute Gasteiger partial charge is 0.493 e. The minimum atomic E-state index is -1.29. The van der Waals surface area contributed by atoms with Crippen molar-refractivity contribution in [3.05, 3.63) is 78.5 Å². The fourth-order valence-corrected chi connectivity index (χ4v) is 5.14. The zero-order valence-corrected chi connectivity index (χ0v) is 26.0. The highest BCUT2D eigenvalue weighted by Crippen LogP contribution is 2.47. The first-order valence-corrected chi connectivity index (χ1v) is 15.3. The Bertz CT molecular complexity index is 1840. The molecule has 0 radical (unpaired) electrons. The maximum absolute atomic E-state index is 15.2. The maximum atomic E-state index is 15.2. The van der Waals surface area contributed by atoms with Gasteiger partial charge in [0.15, 0.2) is 23.1 Å². The summed E-state index contributed by atoms with van der Waals surface area (Å²) in [4.78, 5) is 42.1. The molecule has 12 nitrogen and oxygen atoms in total. The van der Waals surface area contributed by atoms with Crippen LogP contribution in [0.4, 0.5) is 20.2 Å². The highest BCUT2D eigenvalue weighted by atomic mass is 19.1. The summed E-state index contributed by atoms with van der Waals surface area (Å²) in [6.45, 7) is 1.91. The number of ether oxygens (including phenoxy) is 4. The van der Waals surface area contributed by atoms with Crippen molar-refractivity contribution in [2.24, 2.45) is 5.41 Å². The van der Waals surface area contributed by atoms with Gasteiger partial charge in [0.25, 0.3) is 5.91 Å². The summed E-state index contributed by atoms with van der Waals surface area (Å²) in [5.41, 5.74) is 2.83. The van der Waals surface area contributed by atoms with Crippen molar-refractivity contribution < 1.29 is 42.1 Å². The summed E-state index contributed by atoms with van der Waals surface area (Å²) < 4.78 is 51.0. The van der Waals surface area contributed by atoms with Gasteiger partial charge in [0, 0.05) is 41.6 Å². The average molecular weight is 662 g/mol. The highest BCUT2D eigenvalue weighted by Gasteiger charge is 2.56. The second-order valence-corrected chi connectivity index (χ2v) is 11.3. The van der Waals surface area contributed by atoms with E-state index in [1.165, 1.54) is 49.7 Å². The molecule has 1 saturated heterocycles. The fraction of sp³-hybridized carbons (Fsp3) is 0.294. The Morgan fingerprint density at radius 2 is 1.69 bits per heavy atom. The average Bonchev–Trinajstić information content (AvgIpc) is 3.90. The van der Waals surface area contributed by atoms with Gasteiger partial charge in [-0.2, -0.15) is 0 Å². The third-order valence-corrected chi connectivity index (χ3v) is 7.99. The van der Waals surface area contributed by atoms with Gasteiger partial charge in [0.2, 0.25) is 11.8 Å². The Labute approximate surface area is 274 Å². The number of carbonyl (C=O) groups excluding carboxylic acids is 3. The van der Waals surface area contributed by atoms with Crippen molar-refractivity contribution in [1.82, 2.24) is 15.4 Å². The van der Waals surface area contributed by atoms with Crippen LogP contribution in [0, 0.1) is 17.0 Å². The third-order valence-electron chi connectivity index (χ3n) is 7.99. The van der Waals surface area contributed by atoms with Crippen LogP contribution < -0.4 is 30.3 Å². The van der Waals surface area contributed by atoms with Gasteiger partial charge in [-0.25, -0.2) is 14.2 Å². The number of hydrogen-bond donors (Lipinski definition) is 3. The van der Waals surface area contributed by atoms with Crippen molar-refractivity contribution in [2.45, 2.75) is 19.3 Å². The lowest BCUT2D eigenvalue weighted by Crippen LogP contribution is -2.50. The van der Waals surface area contributed by atoms with E-state index in [9.17, 15) is 18.8 Å². The Morgan fingerprint density at radius 1 is 0.938 bits per heavy atom. The number of hydrazine groups is 1. The number of hydrogen-bond acceptors (Lipinski definition) is 9. The molecule has 0 bridgehead atoms. The quantitative estimate of drug-likeness (QED) is 0.136. The Balaban J connectivity index is 1.08. The minimum Gasteiger partial charge on any atom is -0.493 e. The van der Waals surface area contributed by atoms with E-state index in [4.69, 9.17) is 18.9 Å². The molecule has 250 valence electrons. The number of aromatic nitrogens is 1. The summed E-state index contributed by atoms with van der Waals surface area (Å²) in [5, 5.41) is 7.36. The summed E-state index contributed by atoms with van der Waals surface area (Å²) in [6.07, 6.45) is 2.79. The molecule has 3 N–H and O–H groups in total. The molecule has 1 saturated carbocycles. The van der Waals surface area contributed by atoms with Gasteiger partial charge in [-0.15, -0.1) is 0 Å². The fourth-order valence-electron chi connectivity index (χ4n) is 5.14. The normalized spacial score (nSPS) is 15.1. The summed E-state index contributed by atoms with van der Waals surface area (Å²) in [6, 6.07) is 14.2. The van der Waals surface area contributed by atoms with E-state index in [1.807, 2.05) is 0 Å². The van der Waals surface area contributed by atoms with E-state index in [0.29, 0.717) is 79.4 Å². The number of rotatable bonds is 13. The second-order valence-electron chi connectivity index (χ2n) is 11.3. The molecule has 6 rings (SSSR count). The van der Waals surface area contributed by atoms with E-state index < -0.39 is 28.9 Å². The molecular weight excluding hydrogens is 628 g/mol. The Hall–Kier alpha value is -5.34. The number of benzene rings is 3. The zero-order chi connectivity index (χ0) is 33.7. The van der Waals surface area contributed by atoms with Crippen LogP contribution in [0.5, 0.6) is 23.0 Å². The molecule has 4 aromatic rings. The van der Waals surface area contributed by atoms with Gasteiger partial charge in [-0.3, -0.25) is 24.4 Å². The van der Waals surface area contributed by atoms with Crippen molar-refractivity contribution in [3.8, 4) is 23.0 Å². The van der Waals surface area contributed by atoms with Gasteiger partial charge in [0.1, 0.15) is 23.6 Å². The molecule has 3 aromatic carbocycles. The highest BCUT2D eigenvalue weighted by molar-refractivity contribution is 6.16. The first kappa shape index (κ1) is 32.6. The van der Waals surface area contributed by atoms with Crippen LogP contribution in [0.25, 0.3) is 10.9 Å². The van der Waals surface area contributed by atoms with Gasteiger partial charge in [0.05, 0.1) is 32.4 Å². The number of methoxy groups -OCH3 is 1. The molecule has 48 heavy (non-hydrogen) atoms. The van der Waals surface area contributed by atoms with E-state index >= 15 is 4.39 Å². The van der Waals surface area contributed by atoms with Crippen molar-refractivity contribution in [3.63, 3.8) is 0 Å². The molecule has 3 amide bonds. The predicted octanol–water partition coefficient (Wildman–Crippen LogP) is 4.80. The van der Waals surface area contributed by atoms with E-state index in [1.54, 1.807) is 23.2 Å². The lowest BCUT2D eigenvalue weighted by Gasteiger charge is -2.27. The zero-order valence-electron chi connectivity index (χ0n) is 26.0. The molecule has 0 spiro atoms. The summed E-state index contributed by atoms with van der Waals surface area (Å²) in [5.74, 6) is -1.27. The predicted molar refractivity (Wildman–Crippen MR) is 171 cm³/mol. The SMILES string of the molecule is COc1cc2c(Oc3ccc(NC(=O)C4(C(=O)Nc5ccc(F)cc5)CC4)cc3F)ccnc2cc1OCCCNN1CCOCC1=O. The molecule has 0 unspecified atom stereocenters.